The van der Waals surface area contributed by atoms with Crippen molar-refractivity contribution >= 4 is 87.1 Å². The third-order valence-corrected chi connectivity index (χ3v) is 15.0. The lowest BCUT2D eigenvalue weighted by atomic mass is 9.82. The molecule has 0 atom stereocenters. The minimum absolute atomic E-state index is 0.0582. The number of rotatable bonds is 4. The van der Waals surface area contributed by atoms with Crippen LogP contribution < -0.4 is 0 Å². The van der Waals surface area contributed by atoms with Gasteiger partial charge in [-0.1, -0.05) is 166 Å². The molecule has 0 unspecified atom stereocenters. The van der Waals surface area contributed by atoms with Gasteiger partial charge in [0.1, 0.15) is 0 Å². The van der Waals surface area contributed by atoms with E-state index < -0.39 is 0 Å². The smallest absolute Gasteiger partial charge is 0.235 e. The molecule has 10 aromatic carbocycles. The monoisotopic (exact) mass is 867 g/mol. The Morgan fingerprint density at radius 3 is 1.66 bits per heavy atom. The summed E-state index contributed by atoms with van der Waals surface area (Å²) in [7, 11) is 0. The zero-order valence-electron chi connectivity index (χ0n) is 37.4. The molecule has 1 aliphatic carbocycles. The molecule has 14 aromatic rings. The van der Waals surface area contributed by atoms with Crippen molar-refractivity contribution in [3.05, 3.63) is 223 Å². The van der Waals surface area contributed by atoms with Crippen LogP contribution in [-0.2, 0) is 5.41 Å². The first-order valence-corrected chi connectivity index (χ1v) is 23.5. The summed E-state index contributed by atoms with van der Waals surface area (Å²) in [5.74, 6) is 0.644. The van der Waals surface area contributed by atoms with Crippen molar-refractivity contribution in [3.8, 4) is 39.7 Å². The molecular formula is C63H41N5. The van der Waals surface area contributed by atoms with E-state index in [0.29, 0.717) is 5.95 Å². The summed E-state index contributed by atoms with van der Waals surface area (Å²) in [6.07, 6.45) is 0. The molecule has 5 heteroatoms. The van der Waals surface area contributed by atoms with Crippen LogP contribution >= 0.6 is 0 Å². The molecule has 0 aliphatic heterocycles. The molecule has 0 bridgehead atoms. The van der Waals surface area contributed by atoms with Crippen LogP contribution in [0, 0.1) is 0 Å². The Bertz CT molecular complexity index is 4480. The van der Waals surface area contributed by atoms with Crippen LogP contribution in [0.4, 0.5) is 0 Å². The highest BCUT2D eigenvalue weighted by atomic mass is 15.2. The molecule has 15 rings (SSSR count). The van der Waals surface area contributed by atoms with Gasteiger partial charge in [0.15, 0.2) is 0 Å². The van der Waals surface area contributed by atoms with E-state index in [1.165, 1.54) is 71.3 Å². The van der Waals surface area contributed by atoms with Crippen LogP contribution in [0.5, 0.6) is 0 Å². The molecule has 4 heterocycles. The van der Waals surface area contributed by atoms with Gasteiger partial charge in [-0.15, -0.1) is 0 Å². The van der Waals surface area contributed by atoms with Crippen molar-refractivity contribution in [2.45, 2.75) is 19.3 Å². The molecule has 0 spiro atoms. The van der Waals surface area contributed by atoms with E-state index in [4.69, 9.17) is 9.97 Å². The van der Waals surface area contributed by atoms with Gasteiger partial charge in [-0.05, 0) is 93.7 Å². The topological polar surface area (TPSA) is 40.6 Å². The molecule has 0 radical (unpaired) electrons. The Balaban J connectivity index is 0.997. The average molecular weight is 868 g/mol. The number of aromatic nitrogens is 5. The van der Waals surface area contributed by atoms with Crippen molar-refractivity contribution in [2.75, 3.05) is 0 Å². The summed E-state index contributed by atoms with van der Waals surface area (Å²) in [6, 6.07) is 77.5. The van der Waals surface area contributed by atoms with Crippen LogP contribution in [0.15, 0.2) is 212 Å². The van der Waals surface area contributed by atoms with Crippen LogP contribution in [-0.4, -0.2) is 23.7 Å². The molecule has 0 saturated carbocycles. The zero-order chi connectivity index (χ0) is 44.8. The fourth-order valence-electron chi connectivity index (χ4n) is 12.1. The quantitative estimate of drug-likeness (QED) is 0.177. The van der Waals surface area contributed by atoms with Crippen LogP contribution in [0.3, 0.4) is 0 Å². The second kappa shape index (κ2) is 13.6. The summed E-state index contributed by atoms with van der Waals surface area (Å²) in [5, 5.41) is 10.6. The minimum atomic E-state index is -0.0582. The number of hydrogen-bond donors (Lipinski definition) is 0. The van der Waals surface area contributed by atoms with E-state index in [9.17, 15) is 0 Å². The number of nitrogens with zero attached hydrogens (tertiary/aromatic N) is 5. The molecular weight excluding hydrogens is 827 g/mol. The summed E-state index contributed by atoms with van der Waals surface area (Å²) in [4.78, 5) is 10.9. The lowest BCUT2D eigenvalue weighted by molar-refractivity contribution is 0.660. The van der Waals surface area contributed by atoms with E-state index in [0.717, 1.165) is 60.7 Å². The van der Waals surface area contributed by atoms with Crippen molar-refractivity contribution < 1.29 is 0 Å². The fourth-order valence-corrected chi connectivity index (χ4v) is 12.1. The average Bonchev–Trinajstić information content (AvgIpc) is 4.09. The molecule has 1 aliphatic rings. The maximum atomic E-state index is 5.53. The number of fused-ring (bicyclic) bond motifs is 15. The van der Waals surface area contributed by atoms with Crippen molar-refractivity contribution in [3.63, 3.8) is 0 Å². The predicted octanol–water partition coefficient (Wildman–Crippen LogP) is 16.0. The van der Waals surface area contributed by atoms with Gasteiger partial charge < -0.3 is 9.13 Å². The summed E-state index contributed by atoms with van der Waals surface area (Å²) >= 11 is 0. The molecule has 5 nitrogen and oxygen atoms in total. The van der Waals surface area contributed by atoms with Crippen LogP contribution in [0.1, 0.15) is 25.0 Å². The Morgan fingerprint density at radius 2 is 0.882 bits per heavy atom. The third kappa shape index (κ3) is 4.94. The highest BCUT2D eigenvalue weighted by Crippen LogP contribution is 2.50. The summed E-state index contributed by atoms with van der Waals surface area (Å²) < 4.78 is 7.24. The standard InChI is InChI=1S/C63H41N5/c1-63(2)48-26-10-5-20-41(48)47-37-39(33-34-49(47)63)66-51-28-12-8-23-45(51)59-56(66)35-36-57-60(59)46-24-9-13-29-52(46)67(57)54-31-16-32-55-58(54)44-22-7-14-30-53(44)68(55)62-64-50-27-11-6-21-43(50)61(65-62)42-25-15-18-38-17-3-4-19-40(38)42/h3-37H,1-2H3. The molecule has 0 fully saturated rings. The highest BCUT2D eigenvalue weighted by Gasteiger charge is 2.35. The van der Waals surface area contributed by atoms with Gasteiger partial charge in [-0.2, -0.15) is 0 Å². The Morgan fingerprint density at radius 1 is 0.353 bits per heavy atom. The lowest BCUT2D eigenvalue weighted by Crippen LogP contribution is -2.14. The Hall–Kier alpha value is -8.80. The lowest BCUT2D eigenvalue weighted by Gasteiger charge is -2.21. The molecule has 4 aromatic heterocycles. The van der Waals surface area contributed by atoms with Gasteiger partial charge in [0.2, 0.25) is 5.95 Å². The van der Waals surface area contributed by atoms with Gasteiger partial charge in [0.25, 0.3) is 0 Å². The SMILES string of the molecule is CC1(C)c2ccccc2-c2cc(-n3c4ccccc4c4c5c6ccccc6n(-c6cccc7c6c6ccccc6n7-c6nc(-c7cccc8ccccc78)c7ccccc7n6)c5ccc43)ccc21. The van der Waals surface area contributed by atoms with Gasteiger partial charge in [0, 0.05) is 54.4 Å². The minimum Gasteiger partial charge on any atom is -0.309 e. The maximum Gasteiger partial charge on any atom is 0.235 e. The summed E-state index contributed by atoms with van der Waals surface area (Å²) in [6.45, 7) is 4.70. The molecule has 68 heavy (non-hydrogen) atoms. The first-order valence-electron chi connectivity index (χ1n) is 23.5. The van der Waals surface area contributed by atoms with Gasteiger partial charge >= 0.3 is 0 Å². The van der Waals surface area contributed by atoms with E-state index >= 15 is 0 Å². The second-order valence-electron chi connectivity index (χ2n) is 18.9. The van der Waals surface area contributed by atoms with E-state index in [1.807, 2.05) is 0 Å². The third-order valence-electron chi connectivity index (χ3n) is 15.0. The molecule has 0 saturated heterocycles. The zero-order valence-corrected chi connectivity index (χ0v) is 37.4. The summed E-state index contributed by atoms with van der Waals surface area (Å²) in [5.41, 5.74) is 17.4. The van der Waals surface area contributed by atoms with E-state index in [2.05, 4.69) is 240 Å². The van der Waals surface area contributed by atoms with Gasteiger partial charge in [-0.3, -0.25) is 4.57 Å². The fraction of sp³-hybridized carbons (Fsp3) is 0.0476. The first kappa shape index (κ1) is 37.4. The van der Waals surface area contributed by atoms with Crippen LogP contribution in [0.2, 0.25) is 0 Å². The largest absolute Gasteiger partial charge is 0.309 e. The van der Waals surface area contributed by atoms with E-state index in [1.54, 1.807) is 0 Å². The van der Waals surface area contributed by atoms with Crippen molar-refractivity contribution in [1.29, 1.82) is 0 Å². The molecule has 0 amide bonds. The van der Waals surface area contributed by atoms with Gasteiger partial charge in [-0.25, -0.2) is 9.97 Å². The van der Waals surface area contributed by atoms with Crippen molar-refractivity contribution in [1.82, 2.24) is 23.7 Å². The Kier molecular flexibility index (Phi) is 7.50. The first-order chi connectivity index (χ1) is 33.5. The van der Waals surface area contributed by atoms with Crippen LogP contribution in [0.25, 0.3) is 127 Å². The Labute approximate surface area is 391 Å². The van der Waals surface area contributed by atoms with Crippen molar-refractivity contribution in [2.24, 2.45) is 0 Å². The molecule has 318 valence electrons. The predicted molar refractivity (Wildman–Crippen MR) is 283 cm³/mol. The molecule has 0 N–H and O–H groups in total. The second-order valence-corrected chi connectivity index (χ2v) is 18.9. The van der Waals surface area contributed by atoms with E-state index in [-0.39, 0.29) is 5.41 Å². The number of hydrogen-bond acceptors (Lipinski definition) is 2. The normalized spacial score (nSPS) is 13.3. The number of para-hydroxylation sites is 4. The number of benzene rings is 10. The highest BCUT2D eigenvalue weighted by molar-refractivity contribution is 6.29. The van der Waals surface area contributed by atoms with Gasteiger partial charge in [0.05, 0.1) is 50.0 Å². The maximum absolute atomic E-state index is 5.53.